The van der Waals surface area contributed by atoms with Gasteiger partial charge in [-0.1, -0.05) is 20.8 Å². The molecule has 6 nitrogen and oxygen atoms in total. The second kappa shape index (κ2) is 9.19. The lowest BCUT2D eigenvalue weighted by Gasteiger charge is -2.33. The number of hydrogen-bond acceptors (Lipinski definition) is 6. The molecular formula is C24H30N2O4S. The van der Waals surface area contributed by atoms with Crippen molar-refractivity contribution in [3.05, 3.63) is 39.1 Å². The summed E-state index contributed by atoms with van der Waals surface area (Å²) in [5.41, 5.74) is 2.09. The summed E-state index contributed by atoms with van der Waals surface area (Å²) in [6, 6.07) is 6.69. The molecule has 1 aromatic heterocycles. The Bertz CT molecular complexity index is 975. The summed E-state index contributed by atoms with van der Waals surface area (Å²) in [5.74, 6) is 1.68. The summed E-state index contributed by atoms with van der Waals surface area (Å²) < 4.78 is 16.1. The van der Waals surface area contributed by atoms with Crippen LogP contribution in [0, 0.1) is 22.7 Å². The zero-order valence-electron chi connectivity index (χ0n) is 19.0. The molecule has 0 aliphatic heterocycles. The first-order chi connectivity index (χ1) is 14.7. The van der Waals surface area contributed by atoms with E-state index in [2.05, 4.69) is 32.2 Å². The topological polar surface area (TPSA) is 80.6 Å². The van der Waals surface area contributed by atoms with Crippen LogP contribution in [0.5, 0.6) is 17.2 Å². The van der Waals surface area contributed by atoms with Crippen molar-refractivity contribution in [1.82, 2.24) is 5.32 Å². The number of thiophene rings is 1. The van der Waals surface area contributed by atoms with E-state index in [0.29, 0.717) is 33.6 Å². The Hall–Kier alpha value is -2.72. The van der Waals surface area contributed by atoms with Gasteiger partial charge in [0.2, 0.25) is 5.75 Å². The van der Waals surface area contributed by atoms with E-state index in [1.54, 1.807) is 12.1 Å². The first-order valence-electron chi connectivity index (χ1n) is 10.3. The molecule has 3 rings (SSSR count). The van der Waals surface area contributed by atoms with Gasteiger partial charge in [-0.3, -0.25) is 4.79 Å². The summed E-state index contributed by atoms with van der Waals surface area (Å²) in [4.78, 5) is 14.9. The minimum atomic E-state index is -0.845. The Morgan fingerprint density at radius 1 is 1.16 bits per heavy atom. The van der Waals surface area contributed by atoms with E-state index in [4.69, 9.17) is 14.2 Å². The van der Waals surface area contributed by atoms with Gasteiger partial charge in [0, 0.05) is 4.88 Å². The van der Waals surface area contributed by atoms with Crippen molar-refractivity contribution < 1.29 is 19.0 Å². The van der Waals surface area contributed by atoms with Crippen LogP contribution in [-0.2, 0) is 12.8 Å². The van der Waals surface area contributed by atoms with Crippen LogP contribution in [0.25, 0.3) is 0 Å². The number of fused-ring (bicyclic) bond motifs is 1. The zero-order valence-corrected chi connectivity index (χ0v) is 19.8. The number of ether oxygens (including phenoxy) is 3. The molecule has 31 heavy (non-hydrogen) atoms. The average Bonchev–Trinajstić information content (AvgIpc) is 3.19. The molecule has 2 atom stereocenters. The fourth-order valence-corrected chi connectivity index (χ4v) is 5.15. The van der Waals surface area contributed by atoms with Crippen LogP contribution in [0.15, 0.2) is 18.2 Å². The maximum absolute atomic E-state index is 13.0. The van der Waals surface area contributed by atoms with E-state index >= 15 is 0 Å². The van der Waals surface area contributed by atoms with Crippen molar-refractivity contribution >= 4 is 17.2 Å². The number of nitriles is 1. The van der Waals surface area contributed by atoms with Crippen LogP contribution < -0.4 is 19.5 Å². The summed E-state index contributed by atoms with van der Waals surface area (Å²) in [6.45, 7) is 6.83. The number of nitrogens with zero attached hydrogens (tertiary/aromatic N) is 1. The predicted molar refractivity (Wildman–Crippen MR) is 121 cm³/mol. The minimum absolute atomic E-state index is 0.244. The number of hydrogen-bond donors (Lipinski definition) is 1. The van der Waals surface area contributed by atoms with Crippen LogP contribution in [0.3, 0.4) is 0 Å². The van der Waals surface area contributed by atoms with Crippen LogP contribution in [0.4, 0.5) is 0 Å². The van der Waals surface area contributed by atoms with Gasteiger partial charge in [-0.2, -0.15) is 5.26 Å². The van der Waals surface area contributed by atoms with E-state index in [-0.39, 0.29) is 11.3 Å². The van der Waals surface area contributed by atoms with Crippen molar-refractivity contribution in [1.29, 1.82) is 5.26 Å². The standard InChI is InChI=1S/C24H30N2O4S/c1-24(2,3)16-7-8-20-15(9-16)12-21(31-20)23(27)26-17(13-25)14-10-18(28-4)22(30-6)19(11-14)29-5/h10-12,16-17H,7-9H2,1-6H3,(H,26,27)/t16-,17+/m1/s1. The highest BCUT2D eigenvalue weighted by Crippen LogP contribution is 2.41. The van der Waals surface area contributed by atoms with Crippen molar-refractivity contribution in [2.75, 3.05) is 21.3 Å². The van der Waals surface area contributed by atoms with E-state index in [0.717, 1.165) is 19.3 Å². The van der Waals surface area contributed by atoms with Crippen molar-refractivity contribution in [2.45, 2.75) is 46.1 Å². The molecule has 0 radical (unpaired) electrons. The molecule has 0 unspecified atom stereocenters. The smallest absolute Gasteiger partial charge is 0.262 e. The molecule has 0 saturated carbocycles. The molecule has 0 spiro atoms. The van der Waals surface area contributed by atoms with Gasteiger partial charge in [-0.05, 0) is 59.9 Å². The molecule has 1 aliphatic carbocycles. The third-order valence-electron chi connectivity index (χ3n) is 5.96. The normalized spacial score (nSPS) is 16.6. The number of carbonyl (C=O) groups is 1. The predicted octanol–water partition coefficient (Wildman–Crippen LogP) is 4.92. The van der Waals surface area contributed by atoms with Gasteiger partial charge in [0.05, 0.1) is 32.3 Å². The van der Waals surface area contributed by atoms with Crippen molar-refractivity contribution in [2.24, 2.45) is 11.3 Å². The SMILES string of the molecule is COc1cc([C@H](C#N)NC(=O)c2cc3c(s2)CC[C@@H](C(C)(C)C)C3)cc(OC)c1OC. The first kappa shape index (κ1) is 23.0. The molecule has 1 aliphatic rings. The lowest BCUT2D eigenvalue weighted by atomic mass is 9.72. The molecule has 1 aromatic carbocycles. The van der Waals surface area contributed by atoms with Crippen LogP contribution in [0.2, 0.25) is 0 Å². The number of benzene rings is 1. The highest BCUT2D eigenvalue weighted by Gasteiger charge is 2.31. The van der Waals surface area contributed by atoms with E-state index in [9.17, 15) is 10.1 Å². The summed E-state index contributed by atoms with van der Waals surface area (Å²) in [7, 11) is 4.55. The zero-order chi connectivity index (χ0) is 22.8. The molecular weight excluding hydrogens is 412 g/mol. The highest BCUT2D eigenvalue weighted by molar-refractivity contribution is 7.14. The molecule has 2 aromatic rings. The van der Waals surface area contributed by atoms with Gasteiger partial charge in [-0.15, -0.1) is 11.3 Å². The van der Waals surface area contributed by atoms with Gasteiger partial charge in [0.15, 0.2) is 11.5 Å². The molecule has 0 bridgehead atoms. The van der Waals surface area contributed by atoms with Gasteiger partial charge >= 0.3 is 0 Å². The lowest BCUT2D eigenvalue weighted by molar-refractivity contribution is 0.0949. The lowest BCUT2D eigenvalue weighted by Crippen LogP contribution is -2.27. The van der Waals surface area contributed by atoms with Gasteiger partial charge in [0.1, 0.15) is 6.04 Å². The average molecular weight is 443 g/mol. The number of carbonyl (C=O) groups excluding carboxylic acids is 1. The van der Waals surface area contributed by atoms with Gasteiger partial charge in [0.25, 0.3) is 5.91 Å². The van der Waals surface area contributed by atoms with E-state index in [1.165, 1.54) is 43.1 Å². The Kier molecular flexibility index (Phi) is 6.80. The number of methoxy groups -OCH3 is 3. The third-order valence-corrected chi connectivity index (χ3v) is 7.19. The molecule has 1 heterocycles. The Morgan fingerprint density at radius 3 is 2.32 bits per heavy atom. The second-order valence-corrected chi connectivity index (χ2v) is 10.00. The first-order valence-corrected chi connectivity index (χ1v) is 11.1. The van der Waals surface area contributed by atoms with Crippen LogP contribution in [-0.4, -0.2) is 27.2 Å². The van der Waals surface area contributed by atoms with Gasteiger partial charge < -0.3 is 19.5 Å². The maximum Gasteiger partial charge on any atom is 0.262 e. The molecule has 1 amide bonds. The Morgan fingerprint density at radius 2 is 1.81 bits per heavy atom. The number of rotatable bonds is 6. The van der Waals surface area contributed by atoms with Crippen molar-refractivity contribution in [3.63, 3.8) is 0 Å². The van der Waals surface area contributed by atoms with Gasteiger partial charge in [-0.25, -0.2) is 0 Å². The Balaban J connectivity index is 1.82. The summed E-state index contributed by atoms with van der Waals surface area (Å²) >= 11 is 1.53. The number of amides is 1. The van der Waals surface area contributed by atoms with Crippen LogP contribution in [0.1, 0.15) is 58.9 Å². The molecule has 7 heteroatoms. The quantitative estimate of drug-likeness (QED) is 0.687. The molecule has 0 saturated heterocycles. The fraction of sp³-hybridized carbons (Fsp3) is 0.500. The third kappa shape index (κ3) is 4.80. The number of aryl methyl sites for hydroxylation is 1. The second-order valence-electron chi connectivity index (χ2n) is 8.86. The fourth-order valence-electron chi connectivity index (χ4n) is 4.04. The van der Waals surface area contributed by atoms with Crippen molar-refractivity contribution in [3.8, 4) is 23.3 Å². The summed E-state index contributed by atoms with van der Waals surface area (Å²) in [6.07, 6.45) is 3.14. The van der Waals surface area contributed by atoms with E-state index < -0.39 is 6.04 Å². The molecule has 0 fully saturated rings. The maximum atomic E-state index is 13.0. The number of nitrogens with one attached hydrogen (secondary N) is 1. The Labute approximate surface area is 188 Å². The molecule has 1 N–H and O–H groups in total. The largest absolute Gasteiger partial charge is 0.493 e. The highest BCUT2D eigenvalue weighted by atomic mass is 32.1. The van der Waals surface area contributed by atoms with Crippen LogP contribution >= 0.6 is 11.3 Å². The monoisotopic (exact) mass is 442 g/mol. The summed E-state index contributed by atoms with van der Waals surface area (Å²) in [5, 5.41) is 12.6. The van der Waals surface area contributed by atoms with E-state index in [1.807, 2.05) is 6.07 Å². The minimum Gasteiger partial charge on any atom is -0.493 e. The molecule has 166 valence electrons.